The van der Waals surface area contributed by atoms with Gasteiger partial charge in [0, 0.05) is 5.02 Å². The zero-order valence-electron chi connectivity index (χ0n) is 8.85. The van der Waals surface area contributed by atoms with Crippen LogP contribution in [-0.4, -0.2) is 11.7 Å². The van der Waals surface area contributed by atoms with Gasteiger partial charge in [-0.2, -0.15) is 0 Å². The molecule has 1 aromatic carbocycles. The Morgan fingerprint density at radius 1 is 1.47 bits per heavy atom. The highest BCUT2D eigenvalue weighted by molar-refractivity contribution is 6.31. The van der Waals surface area contributed by atoms with Crippen molar-refractivity contribution in [2.45, 2.75) is 26.4 Å². The lowest BCUT2D eigenvalue weighted by atomic mass is 9.95. The van der Waals surface area contributed by atoms with E-state index in [4.69, 9.17) is 17.3 Å². The van der Waals surface area contributed by atoms with Crippen LogP contribution < -0.4 is 5.73 Å². The van der Waals surface area contributed by atoms with Crippen molar-refractivity contribution in [2.75, 3.05) is 6.54 Å². The van der Waals surface area contributed by atoms with Gasteiger partial charge in [-0.3, -0.25) is 0 Å². The quantitative estimate of drug-likeness (QED) is 0.840. The number of benzene rings is 1. The van der Waals surface area contributed by atoms with Crippen LogP contribution in [0.2, 0.25) is 5.02 Å². The maximum atomic E-state index is 13.4. The molecule has 3 N–H and O–H groups in total. The summed E-state index contributed by atoms with van der Waals surface area (Å²) in [5.74, 6) is -0.392. The summed E-state index contributed by atoms with van der Waals surface area (Å²) >= 11 is 5.85. The summed E-state index contributed by atoms with van der Waals surface area (Å²) in [5, 5.41) is 10.2. The van der Waals surface area contributed by atoms with Crippen LogP contribution in [0.4, 0.5) is 4.39 Å². The molecule has 0 aliphatic carbocycles. The van der Waals surface area contributed by atoms with E-state index in [9.17, 15) is 9.50 Å². The molecule has 4 heteroatoms. The lowest BCUT2D eigenvalue weighted by Crippen LogP contribution is -2.10. The highest BCUT2D eigenvalue weighted by atomic mass is 35.5. The topological polar surface area (TPSA) is 46.2 Å². The molecule has 0 saturated heterocycles. The van der Waals surface area contributed by atoms with Crippen molar-refractivity contribution in [1.29, 1.82) is 0 Å². The van der Waals surface area contributed by atoms with Crippen LogP contribution in [-0.2, 0) is 0 Å². The molecule has 0 aliphatic rings. The summed E-state index contributed by atoms with van der Waals surface area (Å²) < 4.78 is 13.4. The minimum Gasteiger partial charge on any atom is -0.388 e. The van der Waals surface area contributed by atoms with Gasteiger partial charge >= 0.3 is 0 Å². The fourth-order valence-electron chi connectivity index (χ4n) is 1.67. The Morgan fingerprint density at radius 3 is 2.60 bits per heavy atom. The molecule has 15 heavy (non-hydrogen) atoms. The van der Waals surface area contributed by atoms with E-state index in [1.165, 1.54) is 6.07 Å². The Kier molecular flexibility index (Phi) is 4.08. The number of aliphatic hydroxyl groups excluding tert-OH is 1. The normalized spacial score (nSPS) is 12.9. The van der Waals surface area contributed by atoms with Crippen molar-refractivity contribution in [3.63, 3.8) is 0 Å². The fraction of sp³-hybridized carbons (Fsp3) is 0.455. The molecule has 1 unspecified atom stereocenters. The Bertz CT molecular complexity index is 342. The monoisotopic (exact) mass is 231 g/mol. The first kappa shape index (κ1) is 12.4. The molecule has 0 fully saturated rings. The molecular formula is C11H15ClFNO. The predicted octanol–water partition coefficient (Wildman–Crippen LogP) is 2.48. The van der Waals surface area contributed by atoms with Crippen LogP contribution in [0.1, 0.15) is 29.2 Å². The molecule has 1 rings (SSSR count). The SMILES string of the molecule is Cc1c(F)cc(Cl)c(C)c1C(O)CCN. The maximum Gasteiger partial charge on any atom is 0.127 e. The third kappa shape index (κ3) is 2.48. The van der Waals surface area contributed by atoms with Crippen LogP contribution >= 0.6 is 11.6 Å². The van der Waals surface area contributed by atoms with Gasteiger partial charge in [-0.1, -0.05) is 11.6 Å². The zero-order chi connectivity index (χ0) is 11.6. The average Bonchev–Trinajstić information content (AvgIpc) is 2.16. The van der Waals surface area contributed by atoms with Crippen molar-refractivity contribution < 1.29 is 9.50 Å². The van der Waals surface area contributed by atoms with Crippen LogP contribution in [0.15, 0.2) is 6.07 Å². The summed E-state index contributed by atoms with van der Waals surface area (Å²) in [5.41, 5.74) is 7.08. The minimum absolute atomic E-state index is 0.337. The van der Waals surface area contributed by atoms with Gasteiger partial charge in [-0.25, -0.2) is 4.39 Å². The van der Waals surface area contributed by atoms with Gasteiger partial charge in [0.25, 0.3) is 0 Å². The van der Waals surface area contributed by atoms with E-state index in [0.717, 1.165) is 5.56 Å². The minimum atomic E-state index is -0.747. The second-order valence-corrected chi connectivity index (χ2v) is 4.00. The summed E-state index contributed by atoms with van der Waals surface area (Å²) in [6.07, 6.45) is -0.343. The maximum absolute atomic E-state index is 13.4. The molecule has 1 atom stereocenters. The largest absolute Gasteiger partial charge is 0.388 e. The van der Waals surface area contributed by atoms with Crippen molar-refractivity contribution >= 4 is 11.6 Å². The van der Waals surface area contributed by atoms with Gasteiger partial charge in [0.05, 0.1) is 6.10 Å². The first-order valence-corrected chi connectivity index (χ1v) is 5.20. The number of halogens is 2. The van der Waals surface area contributed by atoms with Gasteiger partial charge in [0.2, 0.25) is 0 Å². The van der Waals surface area contributed by atoms with Gasteiger partial charge in [-0.15, -0.1) is 0 Å². The zero-order valence-corrected chi connectivity index (χ0v) is 9.61. The van der Waals surface area contributed by atoms with Gasteiger partial charge in [0.1, 0.15) is 5.82 Å². The molecule has 0 radical (unpaired) electrons. The lowest BCUT2D eigenvalue weighted by molar-refractivity contribution is 0.168. The van der Waals surface area contributed by atoms with Crippen molar-refractivity contribution in [1.82, 2.24) is 0 Å². The number of aliphatic hydroxyl groups is 1. The lowest BCUT2D eigenvalue weighted by Gasteiger charge is -2.17. The van der Waals surface area contributed by atoms with Crippen molar-refractivity contribution in [2.24, 2.45) is 5.73 Å². The van der Waals surface area contributed by atoms with E-state index >= 15 is 0 Å². The van der Waals surface area contributed by atoms with E-state index in [1.54, 1.807) is 13.8 Å². The molecule has 0 amide bonds. The highest BCUT2D eigenvalue weighted by Gasteiger charge is 2.17. The van der Waals surface area contributed by atoms with E-state index in [0.29, 0.717) is 29.1 Å². The summed E-state index contributed by atoms with van der Waals surface area (Å²) in [6, 6.07) is 1.27. The number of nitrogens with two attached hydrogens (primary N) is 1. The van der Waals surface area contributed by atoms with Crippen LogP contribution in [0.5, 0.6) is 0 Å². The Balaban J connectivity index is 3.26. The second-order valence-electron chi connectivity index (χ2n) is 3.60. The summed E-state index contributed by atoms with van der Waals surface area (Å²) in [4.78, 5) is 0. The number of hydrogen-bond acceptors (Lipinski definition) is 2. The average molecular weight is 232 g/mol. The molecule has 0 spiro atoms. The Hall–Kier alpha value is -0.640. The Labute approximate surface area is 93.9 Å². The summed E-state index contributed by atoms with van der Waals surface area (Å²) in [6.45, 7) is 3.76. The fourth-order valence-corrected chi connectivity index (χ4v) is 1.87. The molecule has 0 bridgehead atoms. The van der Waals surface area contributed by atoms with Crippen LogP contribution in [0.25, 0.3) is 0 Å². The molecule has 0 heterocycles. The van der Waals surface area contributed by atoms with Gasteiger partial charge < -0.3 is 10.8 Å². The second kappa shape index (κ2) is 4.92. The smallest absolute Gasteiger partial charge is 0.127 e. The first-order chi connectivity index (χ1) is 6.99. The van der Waals surface area contributed by atoms with Gasteiger partial charge in [0.15, 0.2) is 0 Å². The molecule has 84 valence electrons. The molecule has 0 saturated carbocycles. The summed E-state index contributed by atoms with van der Waals surface area (Å²) in [7, 11) is 0. The third-order valence-electron chi connectivity index (χ3n) is 2.55. The van der Waals surface area contributed by atoms with E-state index in [2.05, 4.69) is 0 Å². The van der Waals surface area contributed by atoms with Crippen LogP contribution in [0.3, 0.4) is 0 Å². The third-order valence-corrected chi connectivity index (χ3v) is 2.94. The van der Waals surface area contributed by atoms with Crippen molar-refractivity contribution in [3.05, 3.63) is 33.6 Å². The molecule has 1 aromatic rings. The van der Waals surface area contributed by atoms with E-state index < -0.39 is 11.9 Å². The highest BCUT2D eigenvalue weighted by Crippen LogP contribution is 2.30. The van der Waals surface area contributed by atoms with Crippen molar-refractivity contribution in [3.8, 4) is 0 Å². The van der Waals surface area contributed by atoms with Crippen LogP contribution in [0, 0.1) is 19.7 Å². The molecule has 2 nitrogen and oxygen atoms in total. The standard InChI is InChI=1S/C11H15ClFNO/c1-6-8(12)5-9(13)7(2)11(6)10(15)3-4-14/h5,10,15H,3-4,14H2,1-2H3. The Morgan fingerprint density at radius 2 is 2.07 bits per heavy atom. The first-order valence-electron chi connectivity index (χ1n) is 4.82. The number of hydrogen-bond donors (Lipinski definition) is 2. The van der Waals surface area contributed by atoms with Gasteiger partial charge in [-0.05, 0) is 49.6 Å². The molecular weight excluding hydrogens is 217 g/mol. The number of rotatable bonds is 3. The van der Waals surface area contributed by atoms with E-state index in [1.807, 2.05) is 0 Å². The van der Waals surface area contributed by atoms with E-state index in [-0.39, 0.29) is 0 Å². The molecule has 0 aliphatic heterocycles. The molecule has 0 aromatic heterocycles. The predicted molar refractivity (Wildman–Crippen MR) is 59.5 cm³/mol.